The largest absolute Gasteiger partial charge is 0.508 e. The van der Waals surface area contributed by atoms with Gasteiger partial charge in [-0.25, -0.2) is 23.6 Å². The van der Waals surface area contributed by atoms with Gasteiger partial charge < -0.3 is 28.4 Å². The molecular formula is C27H42FN3O10. The number of ether oxygens (including phenoxy) is 6. The van der Waals surface area contributed by atoms with E-state index in [2.05, 4.69) is 10.3 Å². The van der Waals surface area contributed by atoms with Gasteiger partial charge in [-0.15, -0.1) is 0 Å². The first-order chi connectivity index (χ1) is 19.7. The monoisotopic (exact) mass is 587 g/mol. The number of nitrogens with zero attached hydrogens (tertiary/aromatic N) is 2. The van der Waals surface area contributed by atoms with E-state index in [-0.39, 0.29) is 19.8 Å². The third-order valence-corrected chi connectivity index (χ3v) is 6.20. The van der Waals surface area contributed by atoms with Gasteiger partial charge in [0.25, 0.3) is 0 Å². The van der Waals surface area contributed by atoms with Crippen LogP contribution in [0.5, 0.6) is 0 Å². The summed E-state index contributed by atoms with van der Waals surface area (Å²) in [4.78, 5) is 53.3. The molecule has 1 aliphatic rings. The maximum Gasteiger partial charge on any atom is 0.508 e. The summed E-state index contributed by atoms with van der Waals surface area (Å²) in [7, 11) is 0. The second kappa shape index (κ2) is 18.1. The molecule has 1 saturated heterocycles. The average Bonchev–Trinajstić information content (AvgIpc) is 3.23. The molecule has 1 aromatic heterocycles. The van der Waals surface area contributed by atoms with Gasteiger partial charge in [-0.1, -0.05) is 59.3 Å². The first-order valence-electron chi connectivity index (χ1n) is 14.3. The fourth-order valence-electron chi connectivity index (χ4n) is 3.99. The Hall–Kier alpha value is -3.42. The van der Waals surface area contributed by atoms with Crippen LogP contribution in [-0.4, -0.2) is 66.1 Å². The molecule has 41 heavy (non-hydrogen) atoms. The Labute approximate surface area is 239 Å². The minimum absolute atomic E-state index is 0.0938. The predicted molar refractivity (Wildman–Crippen MR) is 144 cm³/mol. The summed E-state index contributed by atoms with van der Waals surface area (Å²) in [5.74, 6) is -1.72. The third-order valence-electron chi connectivity index (χ3n) is 6.20. The molecule has 2 rings (SSSR count). The van der Waals surface area contributed by atoms with E-state index < -0.39 is 60.3 Å². The van der Waals surface area contributed by atoms with E-state index in [0.29, 0.717) is 19.3 Å². The van der Waals surface area contributed by atoms with Crippen LogP contribution < -0.4 is 11.0 Å². The molecule has 0 aromatic carbocycles. The van der Waals surface area contributed by atoms with Gasteiger partial charge in [0, 0.05) is 0 Å². The van der Waals surface area contributed by atoms with Gasteiger partial charge >= 0.3 is 24.1 Å². The van der Waals surface area contributed by atoms with Gasteiger partial charge in [0.1, 0.15) is 0 Å². The highest BCUT2D eigenvalue weighted by atomic mass is 19.1. The molecule has 2 heterocycles. The molecule has 1 aromatic rings. The zero-order valence-corrected chi connectivity index (χ0v) is 24.2. The van der Waals surface area contributed by atoms with Crippen molar-refractivity contribution in [3.05, 3.63) is 22.5 Å². The molecule has 1 unspecified atom stereocenters. The lowest BCUT2D eigenvalue weighted by molar-refractivity contribution is -0.0655. The molecule has 0 spiro atoms. The number of anilines is 1. The van der Waals surface area contributed by atoms with E-state index in [1.807, 2.05) is 20.8 Å². The summed E-state index contributed by atoms with van der Waals surface area (Å²) in [5, 5.41) is 2.10. The summed E-state index contributed by atoms with van der Waals surface area (Å²) in [6, 6.07) is 0. The topological polar surface area (TPSA) is 154 Å². The number of hydrogen-bond acceptors (Lipinski definition) is 11. The van der Waals surface area contributed by atoms with Crippen LogP contribution in [0.1, 0.15) is 91.7 Å². The number of nitrogens with one attached hydrogen (secondary N) is 1. The van der Waals surface area contributed by atoms with Crippen LogP contribution in [0.15, 0.2) is 11.0 Å². The molecule has 0 radical (unpaired) electrons. The summed E-state index contributed by atoms with van der Waals surface area (Å²) in [6.45, 7) is 7.86. The van der Waals surface area contributed by atoms with Crippen LogP contribution in [0.3, 0.4) is 0 Å². The molecule has 1 fully saturated rings. The van der Waals surface area contributed by atoms with E-state index in [9.17, 15) is 23.6 Å². The van der Waals surface area contributed by atoms with E-state index in [1.165, 1.54) is 6.92 Å². The van der Waals surface area contributed by atoms with Crippen molar-refractivity contribution in [1.29, 1.82) is 0 Å². The van der Waals surface area contributed by atoms with E-state index >= 15 is 0 Å². The third kappa shape index (κ3) is 11.2. The van der Waals surface area contributed by atoms with E-state index in [4.69, 9.17) is 28.4 Å². The SMILES string of the molecule is CCCCCOC(=O)Nc1nc(=O)n([C@@H]2O[C@H](C)C(OC(=O)OCCCCC)[C@@H]2OC(=O)OCCCCC)cc1F. The van der Waals surface area contributed by atoms with Crippen molar-refractivity contribution in [3.63, 3.8) is 0 Å². The minimum Gasteiger partial charge on any atom is -0.449 e. The van der Waals surface area contributed by atoms with Crippen LogP contribution in [0.4, 0.5) is 24.6 Å². The van der Waals surface area contributed by atoms with Crippen molar-refractivity contribution in [1.82, 2.24) is 9.55 Å². The average molecular weight is 588 g/mol. The van der Waals surface area contributed by atoms with Crippen molar-refractivity contribution in [3.8, 4) is 0 Å². The normalized spacial score (nSPS) is 19.8. The van der Waals surface area contributed by atoms with Crippen molar-refractivity contribution >= 4 is 24.2 Å². The molecule has 4 atom stereocenters. The Balaban J connectivity index is 2.21. The second-order valence-corrected chi connectivity index (χ2v) is 9.60. The summed E-state index contributed by atoms with van der Waals surface area (Å²) < 4.78 is 47.4. The minimum atomic E-state index is -1.43. The van der Waals surface area contributed by atoms with Gasteiger partial charge in [-0.3, -0.25) is 9.88 Å². The number of carbonyl (C=O) groups excluding carboxylic acids is 3. The highest BCUT2D eigenvalue weighted by Crippen LogP contribution is 2.34. The van der Waals surface area contributed by atoms with Crippen LogP contribution in [0, 0.1) is 5.82 Å². The predicted octanol–water partition coefficient (Wildman–Crippen LogP) is 5.46. The molecule has 0 saturated carbocycles. The Morgan fingerprint density at radius 2 is 1.39 bits per heavy atom. The number of unbranched alkanes of at least 4 members (excludes halogenated alkanes) is 6. The van der Waals surface area contributed by atoms with E-state index in [0.717, 1.165) is 49.3 Å². The Kier molecular flexibility index (Phi) is 14.9. The lowest BCUT2D eigenvalue weighted by Crippen LogP contribution is -2.41. The van der Waals surface area contributed by atoms with Gasteiger partial charge in [-0.2, -0.15) is 4.98 Å². The maximum absolute atomic E-state index is 14.9. The smallest absolute Gasteiger partial charge is 0.449 e. The first kappa shape index (κ1) is 33.8. The van der Waals surface area contributed by atoms with Gasteiger partial charge in [0.15, 0.2) is 30.1 Å². The summed E-state index contributed by atoms with van der Waals surface area (Å²) in [5.41, 5.74) is -1.03. The Morgan fingerprint density at radius 3 is 1.93 bits per heavy atom. The standard InChI is InChI=1S/C27H42FN3O10/c1-5-8-11-14-36-25(33)30-22-19(28)17-31(24(32)29-22)23-21(41-27(35)38-16-13-10-7-3)20(18(4)39-23)40-26(34)37-15-12-9-6-2/h17-18,20-21,23H,5-16H2,1-4H3,(H,29,30,32,33)/t18-,20?,21+,23-/m1/s1. The molecule has 1 amide bonds. The number of hydrogen-bond donors (Lipinski definition) is 1. The molecule has 1 N–H and O–H groups in total. The number of aromatic nitrogens is 2. The number of carbonyl (C=O) groups is 3. The fourth-order valence-corrected chi connectivity index (χ4v) is 3.99. The van der Waals surface area contributed by atoms with Crippen molar-refractivity contribution in [2.75, 3.05) is 25.1 Å². The highest BCUT2D eigenvalue weighted by molar-refractivity contribution is 5.83. The maximum atomic E-state index is 14.9. The summed E-state index contributed by atoms with van der Waals surface area (Å²) >= 11 is 0. The first-order valence-corrected chi connectivity index (χ1v) is 14.3. The second-order valence-electron chi connectivity index (χ2n) is 9.60. The zero-order chi connectivity index (χ0) is 30.2. The Morgan fingerprint density at radius 1 is 0.878 bits per heavy atom. The number of amides is 1. The van der Waals surface area contributed by atoms with Crippen LogP contribution in [0.2, 0.25) is 0 Å². The lowest BCUT2D eigenvalue weighted by Gasteiger charge is -2.24. The van der Waals surface area contributed by atoms with Gasteiger partial charge in [0.05, 0.1) is 32.1 Å². The van der Waals surface area contributed by atoms with Crippen molar-refractivity contribution < 1.29 is 47.2 Å². The van der Waals surface area contributed by atoms with Crippen molar-refractivity contribution in [2.24, 2.45) is 0 Å². The molecule has 13 nitrogen and oxygen atoms in total. The van der Waals surface area contributed by atoms with E-state index in [1.54, 1.807) is 0 Å². The number of halogens is 1. The van der Waals surface area contributed by atoms with Crippen LogP contribution in [-0.2, 0) is 28.4 Å². The quantitative estimate of drug-likeness (QED) is 0.149. The summed E-state index contributed by atoms with van der Waals surface area (Å²) in [6.07, 6.45) is -0.0693. The molecule has 0 aliphatic carbocycles. The molecule has 14 heteroatoms. The van der Waals surface area contributed by atoms with Crippen LogP contribution in [0.25, 0.3) is 0 Å². The number of rotatable bonds is 16. The fraction of sp³-hybridized carbons (Fsp3) is 0.741. The van der Waals surface area contributed by atoms with Crippen molar-refractivity contribution in [2.45, 2.75) is 110 Å². The highest BCUT2D eigenvalue weighted by Gasteiger charge is 2.50. The lowest BCUT2D eigenvalue weighted by atomic mass is 10.1. The molecule has 0 bridgehead atoms. The Bertz CT molecular complexity index is 1040. The molecule has 1 aliphatic heterocycles. The van der Waals surface area contributed by atoms with Gasteiger partial charge in [0.2, 0.25) is 0 Å². The van der Waals surface area contributed by atoms with Gasteiger partial charge in [-0.05, 0) is 26.2 Å². The molecule has 232 valence electrons. The zero-order valence-electron chi connectivity index (χ0n) is 24.2. The van der Waals surface area contributed by atoms with Crippen LogP contribution >= 0.6 is 0 Å². The molecular weight excluding hydrogens is 545 g/mol.